The number of sulfonamides is 1. The summed E-state index contributed by atoms with van der Waals surface area (Å²) in [5.74, 6) is -0.237. The Morgan fingerprint density at radius 2 is 1.92 bits per heavy atom. The Labute approximate surface area is 156 Å². The Kier molecular flexibility index (Phi) is 6.34. The number of hydrogen-bond acceptors (Lipinski definition) is 4. The normalized spacial score (nSPS) is 26.6. The second-order valence-corrected chi connectivity index (χ2v) is 9.20. The molecule has 1 aliphatic heterocycles. The summed E-state index contributed by atoms with van der Waals surface area (Å²) in [5, 5.41) is 7.16. The van der Waals surface area contributed by atoms with E-state index in [0.29, 0.717) is 19.6 Å². The number of nitrogens with zero attached hydrogens (tertiary/aromatic N) is 3. The molecule has 1 aliphatic carbocycles. The van der Waals surface area contributed by atoms with Crippen molar-refractivity contribution in [2.24, 2.45) is 5.92 Å². The molecule has 2 atom stereocenters. The first-order valence-corrected chi connectivity index (χ1v) is 11.3. The van der Waals surface area contributed by atoms with Crippen molar-refractivity contribution >= 4 is 15.9 Å². The minimum Gasteiger partial charge on any atom is -0.356 e. The van der Waals surface area contributed by atoms with E-state index in [9.17, 15) is 13.2 Å². The van der Waals surface area contributed by atoms with E-state index in [2.05, 4.69) is 10.4 Å². The summed E-state index contributed by atoms with van der Waals surface area (Å²) >= 11 is 0. The van der Waals surface area contributed by atoms with Crippen LogP contribution in [0.25, 0.3) is 0 Å². The third-order valence-corrected chi connectivity index (χ3v) is 7.46. The molecule has 0 spiro atoms. The van der Waals surface area contributed by atoms with Gasteiger partial charge in [0.15, 0.2) is 0 Å². The first-order chi connectivity index (χ1) is 12.5. The largest absolute Gasteiger partial charge is 0.356 e. The van der Waals surface area contributed by atoms with E-state index in [1.165, 1.54) is 6.20 Å². The number of carbonyl (C=O) groups is 1. The summed E-state index contributed by atoms with van der Waals surface area (Å²) in [5.41, 5.74) is 0. The minimum absolute atomic E-state index is 0.0149. The maximum absolute atomic E-state index is 13.4. The van der Waals surface area contributed by atoms with Crippen LogP contribution in [0.5, 0.6) is 0 Å². The van der Waals surface area contributed by atoms with Crippen LogP contribution in [0.1, 0.15) is 58.3 Å². The molecule has 1 N–H and O–H groups in total. The highest BCUT2D eigenvalue weighted by molar-refractivity contribution is 7.89. The standard InChI is InChI=1S/C18H30N4O3S/c1-2-21-14-15(13-20-21)26(24,25)22-12-8-4-3-7-11-19-18(23)16-9-5-6-10-17(16)22/h13-14,16-17H,2-12H2,1H3,(H,19,23)/t16-,17+/m1/s1. The topological polar surface area (TPSA) is 84.3 Å². The molecule has 26 heavy (non-hydrogen) atoms. The van der Waals surface area contributed by atoms with Gasteiger partial charge in [0, 0.05) is 31.9 Å². The Bertz CT molecular complexity index is 716. The number of carbonyl (C=O) groups excluding carboxylic acids is 1. The summed E-state index contributed by atoms with van der Waals surface area (Å²) in [7, 11) is -3.65. The highest BCUT2D eigenvalue weighted by Gasteiger charge is 2.40. The van der Waals surface area contributed by atoms with Crippen molar-refractivity contribution in [2.75, 3.05) is 13.1 Å². The zero-order valence-electron chi connectivity index (χ0n) is 15.6. The maximum Gasteiger partial charge on any atom is 0.246 e. The molecule has 2 fully saturated rings. The second kappa shape index (κ2) is 8.52. The fourth-order valence-electron chi connectivity index (χ4n) is 4.10. The van der Waals surface area contributed by atoms with Gasteiger partial charge in [-0.1, -0.05) is 25.7 Å². The molecule has 0 unspecified atom stereocenters. The van der Waals surface area contributed by atoms with Gasteiger partial charge in [-0.25, -0.2) is 8.42 Å². The zero-order chi connectivity index (χ0) is 18.6. The molecule has 2 aliphatic rings. The lowest BCUT2D eigenvalue weighted by Crippen LogP contribution is -2.50. The van der Waals surface area contributed by atoms with Gasteiger partial charge in [0.2, 0.25) is 15.9 Å². The fraction of sp³-hybridized carbons (Fsp3) is 0.778. The number of nitrogens with one attached hydrogen (secondary N) is 1. The summed E-state index contributed by atoms with van der Waals surface area (Å²) in [4.78, 5) is 12.9. The molecular weight excluding hydrogens is 352 g/mol. The number of amides is 1. The van der Waals surface area contributed by atoms with Gasteiger partial charge in [0.05, 0.1) is 12.1 Å². The monoisotopic (exact) mass is 382 g/mol. The van der Waals surface area contributed by atoms with Gasteiger partial charge in [-0.2, -0.15) is 9.40 Å². The molecule has 1 saturated carbocycles. The minimum atomic E-state index is -3.65. The highest BCUT2D eigenvalue weighted by atomic mass is 32.2. The summed E-state index contributed by atoms with van der Waals surface area (Å²) in [6.45, 7) is 3.73. The van der Waals surface area contributed by atoms with Crippen molar-refractivity contribution in [1.29, 1.82) is 0 Å². The number of hydrogen-bond donors (Lipinski definition) is 1. The van der Waals surface area contributed by atoms with Crippen LogP contribution in [-0.4, -0.2) is 47.5 Å². The van der Waals surface area contributed by atoms with Crippen LogP contribution in [0.2, 0.25) is 0 Å². The average Bonchev–Trinajstić information content (AvgIpc) is 3.12. The van der Waals surface area contributed by atoms with Gasteiger partial charge < -0.3 is 5.32 Å². The van der Waals surface area contributed by atoms with Gasteiger partial charge in [-0.3, -0.25) is 9.48 Å². The summed E-state index contributed by atoms with van der Waals surface area (Å²) in [6.07, 6.45) is 10.3. The molecule has 7 nitrogen and oxygen atoms in total. The Balaban J connectivity index is 1.94. The number of fused-ring (bicyclic) bond motifs is 1. The number of aromatic nitrogens is 2. The lowest BCUT2D eigenvalue weighted by molar-refractivity contribution is -0.127. The molecule has 2 heterocycles. The molecule has 1 aromatic heterocycles. The van der Waals surface area contributed by atoms with Crippen molar-refractivity contribution in [3.63, 3.8) is 0 Å². The third-order valence-electron chi connectivity index (χ3n) is 5.58. The molecular formula is C18H30N4O3S. The van der Waals surface area contributed by atoms with Crippen molar-refractivity contribution in [3.8, 4) is 0 Å². The third kappa shape index (κ3) is 4.11. The van der Waals surface area contributed by atoms with Crippen molar-refractivity contribution in [1.82, 2.24) is 19.4 Å². The van der Waals surface area contributed by atoms with Gasteiger partial charge >= 0.3 is 0 Å². The fourth-order valence-corrected chi connectivity index (χ4v) is 5.79. The van der Waals surface area contributed by atoms with E-state index in [4.69, 9.17) is 0 Å². The predicted octanol–water partition coefficient (Wildman–Crippen LogP) is 2.14. The molecule has 1 aromatic rings. The van der Waals surface area contributed by atoms with Gasteiger partial charge in [-0.15, -0.1) is 0 Å². The second-order valence-electron chi connectivity index (χ2n) is 7.31. The average molecular weight is 383 g/mol. The molecule has 1 amide bonds. The number of rotatable bonds is 3. The highest BCUT2D eigenvalue weighted by Crippen LogP contribution is 2.33. The van der Waals surface area contributed by atoms with E-state index in [0.717, 1.165) is 51.4 Å². The predicted molar refractivity (Wildman–Crippen MR) is 99.0 cm³/mol. The first kappa shape index (κ1) is 19.4. The van der Waals surface area contributed by atoms with Crippen LogP contribution in [0.15, 0.2) is 17.3 Å². The van der Waals surface area contributed by atoms with Gasteiger partial charge in [0.25, 0.3) is 0 Å². The summed E-state index contributed by atoms with van der Waals surface area (Å²) in [6, 6.07) is -0.253. The smallest absolute Gasteiger partial charge is 0.246 e. The van der Waals surface area contributed by atoms with E-state index < -0.39 is 10.0 Å². The van der Waals surface area contributed by atoms with E-state index >= 15 is 0 Å². The van der Waals surface area contributed by atoms with Crippen LogP contribution >= 0.6 is 0 Å². The molecule has 0 aromatic carbocycles. The molecule has 146 valence electrons. The Hall–Kier alpha value is -1.41. The number of aryl methyl sites for hydroxylation is 1. The summed E-state index contributed by atoms with van der Waals surface area (Å²) < 4.78 is 30.0. The first-order valence-electron chi connectivity index (χ1n) is 9.86. The van der Waals surface area contributed by atoms with Crippen molar-refractivity contribution in [2.45, 2.75) is 75.8 Å². The Morgan fingerprint density at radius 3 is 2.69 bits per heavy atom. The van der Waals surface area contributed by atoms with Crippen molar-refractivity contribution in [3.05, 3.63) is 12.4 Å². The van der Waals surface area contributed by atoms with Gasteiger partial charge in [0.1, 0.15) is 4.90 Å². The van der Waals surface area contributed by atoms with Crippen LogP contribution < -0.4 is 5.32 Å². The quantitative estimate of drug-likeness (QED) is 0.868. The Morgan fingerprint density at radius 1 is 1.15 bits per heavy atom. The van der Waals surface area contributed by atoms with E-state index in [1.54, 1.807) is 15.2 Å². The van der Waals surface area contributed by atoms with E-state index in [-0.39, 0.29) is 22.8 Å². The molecule has 0 bridgehead atoms. The van der Waals surface area contributed by atoms with E-state index in [1.807, 2.05) is 6.92 Å². The zero-order valence-corrected chi connectivity index (χ0v) is 16.4. The lowest BCUT2D eigenvalue weighted by Gasteiger charge is -2.38. The molecule has 0 radical (unpaired) electrons. The molecule has 1 saturated heterocycles. The van der Waals surface area contributed by atoms with Crippen LogP contribution in [-0.2, 0) is 21.4 Å². The van der Waals surface area contributed by atoms with Crippen LogP contribution in [0, 0.1) is 5.92 Å². The lowest BCUT2D eigenvalue weighted by atomic mass is 9.83. The maximum atomic E-state index is 13.4. The van der Waals surface area contributed by atoms with Crippen LogP contribution in [0.3, 0.4) is 0 Å². The van der Waals surface area contributed by atoms with Crippen LogP contribution in [0.4, 0.5) is 0 Å². The van der Waals surface area contributed by atoms with Gasteiger partial charge in [-0.05, 0) is 32.6 Å². The molecule has 8 heteroatoms. The SMILES string of the molecule is CCn1cc(S(=O)(=O)N2CCCCCCNC(=O)[C@@H]3CCCC[C@@H]32)cn1. The molecule has 3 rings (SSSR count). The van der Waals surface area contributed by atoms with Crippen molar-refractivity contribution < 1.29 is 13.2 Å².